The van der Waals surface area contributed by atoms with Gasteiger partial charge in [-0.3, -0.25) is 11.3 Å². The van der Waals surface area contributed by atoms with E-state index < -0.39 is 23.5 Å². The van der Waals surface area contributed by atoms with Crippen LogP contribution in [0.25, 0.3) is 0 Å². The van der Waals surface area contributed by atoms with E-state index >= 15 is 0 Å². The van der Waals surface area contributed by atoms with E-state index in [4.69, 9.17) is 5.84 Å². The van der Waals surface area contributed by atoms with E-state index in [0.717, 1.165) is 0 Å². The molecule has 0 saturated carbocycles. The van der Waals surface area contributed by atoms with Gasteiger partial charge in [-0.2, -0.15) is 0 Å². The van der Waals surface area contributed by atoms with Gasteiger partial charge in [-0.15, -0.1) is 0 Å². The molecule has 0 saturated heterocycles. The van der Waals surface area contributed by atoms with Crippen molar-refractivity contribution in [3.05, 3.63) is 53.4 Å². The number of hydrogen-bond acceptors (Lipinski definition) is 3. The number of nitrogens with one attached hydrogen (secondary N) is 1. The monoisotopic (exact) mass is 270 g/mol. The Morgan fingerprint density at radius 3 is 2.42 bits per heavy atom. The van der Waals surface area contributed by atoms with Crippen molar-refractivity contribution >= 4 is 0 Å². The number of hydrazine groups is 1. The molecule has 0 aliphatic rings. The third-order valence-corrected chi connectivity index (χ3v) is 2.90. The van der Waals surface area contributed by atoms with Crippen LogP contribution >= 0.6 is 0 Å². The van der Waals surface area contributed by atoms with Crippen LogP contribution in [0, 0.1) is 17.5 Å². The number of hydrogen-bond donors (Lipinski definition) is 2. The summed E-state index contributed by atoms with van der Waals surface area (Å²) in [7, 11) is 1.76. The molecule has 4 nitrogen and oxygen atoms in total. The highest BCUT2D eigenvalue weighted by Gasteiger charge is 2.22. The maximum atomic E-state index is 13.7. The lowest BCUT2D eigenvalue weighted by molar-refractivity contribution is 0.454. The zero-order valence-corrected chi connectivity index (χ0v) is 10.2. The Morgan fingerprint density at radius 1 is 1.32 bits per heavy atom. The molecule has 0 amide bonds. The zero-order valence-electron chi connectivity index (χ0n) is 10.2. The van der Waals surface area contributed by atoms with Gasteiger partial charge in [0.2, 0.25) is 0 Å². The van der Waals surface area contributed by atoms with E-state index in [9.17, 15) is 13.2 Å². The van der Waals surface area contributed by atoms with Gasteiger partial charge in [0.1, 0.15) is 23.3 Å². The normalized spacial score (nSPS) is 12.7. The fourth-order valence-electron chi connectivity index (χ4n) is 1.91. The van der Waals surface area contributed by atoms with Crippen molar-refractivity contribution in [2.45, 2.75) is 12.5 Å². The van der Waals surface area contributed by atoms with E-state index in [1.165, 1.54) is 0 Å². The molecule has 2 rings (SSSR count). The fraction of sp³-hybridized carbons (Fsp3) is 0.250. The van der Waals surface area contributed by atoms with E-state index in [1.807, 2.05) is 0 Å². The maximum absolute atomic E-state index is 13.7. The van der Waals surface area contributed by atoms with Gasteiger partial charge >= 0.3 is 0 Å². The molecule has 0 radical (unpaired) electrons. The van der Waals surface area contributed by atoms with Gasteiger partial charge in [0.05, 0.1) is 6.04 Å². The molecular formula is C12H13F3N4. The van der Waals surface area contributed by atoms with E-state index in [2.05, 4.69) is 10.4 Å². The molecule has 1 atom stereocenters. The van der Waals surface area contributed by atoms with Crippen molar-refractivity contribution in [2.24, 2.45) is 12.9 Å². The average molecular weight is 270 g/mol. The van der Waals surface area contributed by atoms with E-state index in [0.29, 0.717) is 18.0 Å². The highest BCUT2D eigenvalue weighted by molar-refractivity contribution is 5.25. The highest BCUT2D eigenvalue weighted by Crippen LogP contribution is 2.24. The molecule has 7 heteroatoms. The summed E-state index contributed by atoms with van der Waals surface area (Å²) in [6, 6.07) is 0.421. The number of nitrogens with two attached hydrogens (primary N) is 1. The Kier molecular flexibility index (Phi) is 3.87. The van der Waals surface area contributed by atoms with Crippen LogP contribution in [0.1, 0.15) is 17.4 Å². The molecule has 2 aromatic rings. The predicted molar refractivity (Wildman–Crippen MR) is 63.3 cm³/mol. The molecule has 102 valence electrons. The zero-order chi connectivity index (χ0) is 14.0. The van der Waals surface area contributed by atoms with Crippen molar-refractivity contribution in [1.29, 1.82) is 0 Å². The maximum Gasteiger partial charge on any atom is 0.133 e. The van der Waals surface area contributed by atoms with Crippen LogP contribution in [0.2, 0.25) is 0 Å². The summed E-state index contributed by atoms with van der Waals surface area (Å²) in [5.74, 6) is 3.02. The number of benzene rings is 1. The molecular weight excluding hydrogens is 257 g/mol. The largest absolute Gasteiger partial charge is 0.338 e. The lowest BCUT2D eigenvalue weighted by Crippen LogP contribution is -2.31. The molecule has 1 aromatic carbocycles. The summed E-state index contributed by atoms with van der Waals surface area (Å²) in [6.07, 6.45) is 3.46. The third kappa shape index (κ3) is 2.77. The Morgan fingerprint density at radius 2 is 1.95 bits per heavy atom. The van der Waals surface area contributed by atoms with Crippen molar-refractivity contribution in [3.8, 4) is 0 Å². The van der Waals surface area contributed by atoms with Crippen LogP contribution in [-0.2, 0) is 13.5 Å². The van der Waals surface area contributed by atoms with Gasteiger partial charge in [0.25, 0.3) is 0 Å². The first-order chi connectivity index (χ1) is 9.02. The molecule has 0 fully saturated rings. The van der Waals surface area contributed by atoms with E-state index in [-0.39, 0.29) is 12.0 Å². The minimum absolute atomic E-state index is 0.180. The molecule has 1 unspecified atom stereocenters. The van der Waals surface area contributed by atoms with Crippen LogP contribution in [-0.4, -0.2) is 9.55 Å². The summed E-state index contributed by atoms with van der Waals surface area (Å²) >= 11 is 0. The first-order valence-corrected chi connectivity index (χ1v) is 5.59. The molecule has 0 aliphatic heterocycles. The van der Waals surface area contributed by atoms with Gasteiger partial charge in [-0.05, 0) is 0 Å². The topological polar surface area (TPSA) is 55.9 Å². The van der Waals surface area contributed by atoms with Gasteiger partial charge in [-0.1, -0.05) is 0 Å². The summed E-state index contributed by atoms with van der Waals surface area (Å²) in [5, 5.41) is 0. The van der Waals surface area contributed by atoms with Crippen molar-refractivity contribution < 1.29 is 13.2 Å². The second kappa shape index (κ2) is 5.41. The Labute approximate surface area is 108 Å². The number of halogens is 3. The summed E-state index contributed by atoms with van der Waals surface area (Å²) < 4.78 is 41.9. The molecule has 0 bridgehead atoms. The van der Waals surface area contributed by atoms with Crippen molar-refractivity contribution in [2.75, 3.05) is 0 Å². The molecule has 19 heavy (non-hydrogen) atoms. The summed E-state index contributed by atoms with van der Waals surface area (Å²) in [4.78, 5) is 4.05. The predicted octanol–water partition coefficient (Wildman–Crippen LogP) is 1.58. The number of rotatable bonds is 4. The van der Waals surface area contributed by atoms with Gasteiger partial charge < -0.3 is 4.57 Å². The molecule has 3 N–H and O–H groups in total. The summed E-state index contributed by atoms with van der Waals surface area (Å²) in [5.41, 5.74) is 2.03. The van der Waals surface area contributed by atoms with Crippen LogP contribution in [0.5, 0.6) is 0 Å². The second-order valence-electron chi connectivity index (χ2n) is 4.16. The molecule has 1 heterocycles. The number of aromatic nitrogens is 2. The first-order valence-electron chi connectivity index (χ1n) is 5.59. The minimum atomic E-state index is -0.977. The van der Waals surface area contributed by atoms with Crippen molar-refractivity contribution in [3.63, 3.8) is 0 Å². The lowest BCUT2D eigenvalue weighted by Gasteiger charge is -2.17. The number of nitrogens with zero attached hydrogens (tertiary/aromatic N) is 2. The summed E-state index contributed by atoms with van der Waals surface area (Å²) in [6.45, 7) is 0. The number of aryl methyl sites for hydroxylation is 1. The van der Waals surface area contributed by atoms with Crippen LogP contribution in [0.4, 0.5) is 13.2 Å². The molecule has 0 spiro atoms. The Hall–Kier alpha value is -1.86. The smallest absolute Gasteiger partial charge is 0.133 e. The number of imidazole rings is 1. The van der Waals surface area contributed by atoms with E-state index in [1.54, 1.807) is 24.0 Å². The van der Waals surface area contributed by atoms with Gasteiger partial charge in [0.15, 0.2) is 0 Å². The molecule has 0 aliphatic carbocycles. The molecule has 1 aromatic heterocycles. The first kappa shape index (κ1) is 13.6. The average Bonchev–Trinajstić information content (AvgIpc) is 2.72. The second-order valence-corrected chi connectivity index (χ2v) is 4.16. The van der Waals surface area contributed by atoms with Crippen LogP contribution < -0.4 is 11.3 Å². The van der Waals surface area contributed by atoms with Gasteiger partial charge in [-0.25, -0.2) is 18.2 Å². The third-order valence-electron chi connectivity index (χ3n) is 2.90. The Bertz CT molecular complexity index is 559. The quantitative estimate of drug-likeness (QED) is 0.655. The van der Waals surface area contributed by atoms with Crippen molar-refractivity contribution in [1.82, 2.24) is 15.0 Å². The fourth-order valence-corrected chi connectivity index (χ4v) is 1.91. The standard InChI is InChI=1S/C12H13F3N4/c1-19-3-2-17-11(19)6-10(18-16)12-8(14)4-7(13)5-9(12)15/h2-5,10,18H,6,16H2,1H3. The van der Waals surface area contributed by atoms with Gasteiger partial charge in [0, 0.05) is 43.6 Å². The highest BCUT2D eigenvalue weighted by atomic mass is 19.1. The lowest BCUT2D eigenvalue weighted by atomic mass is 10.0. The Balaban J connectivity index is 2.35. The SMILES string of the molecule is Cn1ccnc1CC(NN)c1c(F)cc(F)cc1F. The minimum Gasteiger partial charge on any atom is -0.338 e. The van der Waals surface area contributed by atoms with Crippen LogP contribution in [0.3, 0.4) is 0 Å². The van der Waals surface area contributed by atoms with Crippen LogP contribution in [0.15, 0.2) is 24.5 Å².